The molecule has 0 saturated heterocycles. The van der Waals surface area contributed by atoms with E-state index in [2.05, 4.69) is 23.6 Å². The summed E-state index contributed by atoms with van der Waals surface area (Å²) < 4.78 is 34.1. The molecule has 0 saturated carbocycles. The maximum atomic E-state index is 12.9. The van der Waals surface area contributed by atoms with Crippen molar-refractivity contribution in [2.45, 2.75) is 38.0 Å². The van der Waals surface area contributed by atoms with Gasteiger partial charge in [-0.05, 0) is 55.2 Å². The Morgan fingerprint density at radius 2 is 1.89 bits per heavy atom. The first-order valence-electron chi connectivity index (χ1n) is 9.09. The Bertz CT molecular complexity index is 1050. The van der Waals surface area contributed by atoms with Crippen molar-refractivity contribution in [1.82, 2.24) is 4.98 Å². The van der Waals surface area contributed by atoms with Crippen molar-refractivity contribution in [1.29, 1.82) is 0 Å². The summed E-state index contributed by atoms with van der Waals surface area (Å²) in [5.41, 5.74) is 2.16. The van der Waals surface area contributed by atoms with Crippen LogP contribution in [0.2, 0.25) is 0 Å². The van der Waals surface area contributed by atoms with E-state index in [4.69, 9.17) is 4.74 Å². The lowest BCUT2D eigenvalue weighted by Crippen LogP contribution is -2.14. The largest absolute Gasteiger partial charge is 0.494 e. The third-order valence-electron chi connectivity index (χ3n) is 4.58. The number of fused-ring (bicyclic) bond motifs is 1. The van der Waals surface area contributed by atoms with Gasteiger partial charge in [0.05, 0.1) is 28.9 Å². The SMILES string of the molecule is CCOc1ccc(S(=O)(=O)Nc2cnc3ccccc3c2)cc1[C@@H](C)CC. The summed E-state index contributed by atoms with van der Waals surface area (Å²) in [7, 11) is -3.72. The van der Waals surface area contributed by atoms with Crippen LogP contribution in [0.25, 0.3) is 10.9 Å². The van der Waals surface area contributed by atoms with Crippen LogP contribution < -0.4 is 9.46 Å². The van der Waals surface area contributed by atoms with E-state index in [0.29, 0.717) is 12.3 Å². The van der Waals surface area contributed by atoms with Crippen molar-refractivity contribution in [2.24, 2.45) is 0 Å². The summed E-state index contributed by atoms with van der Waals surface area (Å²) in [6, 6.07) is 14.4. The van der Waals surface area contributed by atoms with Crippen molar-refractivity contribution in [2.75, 3.05) is 11.3 Å². The molecule has 1 N–H and O–H groups in total. The number of rotatable bonds is 7. The van der Waals surface area contributed by atoms with Crippen LogP contribution in [0.5, 0.6) is 5.75 Å². The minimum Gasteiger partial charge on any atom is -0.494 e. The highest BCUT2D eigenvalue weighted by atomic mass is 32.2. The van der Waals surface area contributed by atoms with Crippen LogP contribution in [0.3, 0.4) is 0 Å². The molecule has 1 atom stereocenters. The highest BCUT2D eigenvalue weighted by Gasteiger charge is 2.19. The molecule has 6 heteroatoms. The van der Waals surface area contributed by atoms with Crippen LogP contribution in [0, 0.1) is 0 Å². The molecule has 0 aliphatic carbocycles. The van der Waals surface area contributed by atoms with Gasteiger partial charge in [-0.3, -0.25) is 9.71 Å². The molecule has 0 aliphatic rings. The number of anilines is 1. The molecule has 0 spiro atoms. The topological polar surface area (TPSA) is 68.3 Å². The standard InChI is InChI=1S/C21H24N2O3S/c1-4-15(3)19-13-18(10-11-21(19)26-5-2)27(24,25)23-17-12-16-8-6-7-9-20(16)22-14-17/h6-15,23H,4-5H2,1-3H3/t15-/m0/s1. The fourth-order valence-electron chi connectivity index (χ4n) is 2.93. The van der Waals surface area contributed by atoms with Gasteiger partial charge in [0.1, 0.15) is 5.75 Å². The lowest BCUT2D eigenvalue weighted by molar-refractivity contribution is 0.334. The number of aromatic nitrogens is 1. The number of nitrogens with one attached hydrogen (secondary N) is 1. The maximum Gasteiger partial charge on any atom is 0.261 e. The minimum absolute atomic E-state index is 0.198. The zero-order valence-electron chi connectivity index (χ0n) is 15.8. The predicted octanol–water partition coefficient (Wildman–Crippen LogP) is 4.95. The Kier molecular flexibility index (Phi) is 5.65. The zero-order chi connectivity index (χ0) is 19.4. The molecule has 0 unspecified atom stereocenters. The first-order valence-corrected chi connectivity index (χ1v) is 10.6. The van der Waals surface area contributed by atoms with Crippen LogP contribution in [0.1, 0.15) is 38.7 Å². The van der Waals surface area contributed by atoms with Gasteiger partial charge in [0.15, 0.2) is 0 Å². The van der Waals surface area contributed by atoms with Crippen LogP contribution in [0.15, 0.2) is 59.6 Å². The Hall–Kier alpha value is -2.60. The van der Waals surface area contributed by atoms with Crippen molar-refractivity contribution < 1.29 is 13.2 Å². The monoisotopic (exact) mass is 384 g/mol. The summed E-state index contributed by atoms with van der Waals surface area (Å²) >= 11 is 0. The number of hydrogen-bond donors (Lipinski definition) is 1. The molecule has 3 aromatic rings. The third-order valence-corrected chi connectivity index (χ3v) is 5.96. The molecule has 2 aromatic carbocycles. The summed E-state index contributed by atoms with van der Waals surface area (Å²) in [5.74, 6) is 0.933. The third kappa shape index (κ3) is 4.22. The number of para-hydroxylation sites is 1. The molecule has 0 radical (unpaired) electrons. The lowest BCUT2D eigenvalue weighted by Gasteiger charge is -2.17. The molecule has 1 heterocycles. The van der Waals surface area contributed by atoms with E-state index in [0.717, 1.165) is 28.6 Å². The Morgan fingerprint density at radius 1 is 1.11 bits per heavy atom. The fraction of sp³-hybridized carbons (Fsp3) is 0.286. The molecule has 1 aromatic heterocycles. The fourth-order valence-corrected chi connectivity index (χ4v) is 4.00. The normalized spacial score (nSPS) is 12.7. The lowest BCUT2D eigenvalue weighted by atomic mass is 9.98. The molecule has 27 heavy (non-hydrogen) atoms. The average Bonchev–Trinajstić information content (AvgIpc) is 2.67. The van der Waals surface area contributed by atoms with E-state index in [-0.39, 0.29) is 10.8 Å². The second kappa shape index (κ2) is 7.96. The zero-order valence-corrected chi connectivity index (χ0v) is 16.6. The predicted molar refractivity (Wildman–Crippen MR) is 109 cm³/mol. The number of nitrogens with zero attached hydrogens (tertiary/aromatic N) is 1. The second-order valence-corrected chi connectivity index (χ2v) is 8.15. The van der Waals surface area contributed by atoms with Crippen molar-refractivity contribution in [3.8, 4) is 5.75 Å². The van der Waals surface area contributed by atoms with Crippen LogP contribution >= 0.6 is 0 Å². The van der Waals surface area contributed by atoms with E-state index < -0.39 is 10.0 Å². The first kappa shape index (κ1) is 19.2. The molecule has 3 rings (SSSR count). The van der Waals surface area contributed by atoms with Gasteiger partial charge in [0.25, 0.3) is 10.0 Å². The number of pyridine rings is 1. The molecule has 0 amide bonds. The number of hydrogen-bond acceptors (Lipinski definition) is 4. The molecular formula is C21H24N2O3S. The van der Waals surface area contributed by atoms with Crippen LogP contribution in [-0.2, 0) is 10.0 Å². The van der Waals surface area contributed by atoms with Gasteiger partial charge in [-0.25, -0.2) is 8.42 Å². The van der Waals surface area contributed by atoms with Gasteiger partial charge in [-0.2, -0.15) is 0 Å². The van der Waals surface area contributed by atoms with Gasteiger partial charge < -0.3 is 4.74 Å². The van der Waals surface area contributed by atoms with E-state index in [1.165, 1.54) is 6.20 Å². The quantitative estimate of drug-likeness (QED) is 0.626. The van der Waals surface area contributed by atoms with Gasteiger partial charge in [-0.15, -0.1) is 0 Å². The van der Waals surface area contributed by atoms with Crippen LogP contribution in [0.4, 0.5) is 5.69 Å². The highest BCUT2D eigenvalue weighted by molar-refractivity contribution is 7.92. The summed E-state index contributed by atoms with van der Waals surface area (Å²) in [4.78, 5) is 4.53. The van der Waals surface area contributed by atoms with Gasteiger partial charge >= 0.3 is 0 Å². The molecule has 142 valence electrons. The van der Waals surface area contributed by atoms with Crippen molar-refractivity contribution in [3.05, 3.63) is 60.3 Å². The van der Waals surface area contributed by atoms with E-state index in [9.17, 15) is 8.42 Å². The Balaban J connectivity index is 1.95. The van der Waals surface area contributed by atoms with E-state index in [1.807, 2.05) is 31.2 Å². The smallest absolute Gasteiger partial charge is 0.261 e. The molecule has 0 fully saturated rings. The number of sulfonamides is 1. The van der Waals surface area contributed by atoms with Gasteiger partial charge in [0, 0.05) is 5.39 Å². The molecule has 5 nitrogen and oxygen atoms in total. The second-order valence-electron chi connectivity index (χ2n) is 6.46. The number of benzene rings is 2. The molecule has 0 bridgehead atoms. The molecular weight excluding hydrogens is 360 g/mol. The summed E-state index contributed by atoms with van der Waals surface area (Å²) in [6.45, 7) is 6.59. The van der Waals surface area contributed by atoms with Crippen LogP contribution in [-0.4, -0.2) is 20.0 Å². The highest BCUT2D eigenvalue weighted by Crippen LogP contribution is 2.32. The van der Waals surface area contributed by atoms with Gasteiger partial charge in [0.2, 0.25) is 0 Å². The maximum absolute atomic E-state index is 12.9. The minimum atomic E-state index is -3.72. The average molecular weight is 385 g/mol. The Morgan fingerprint density at radius 3 is 2.63 bits per heavy atom. The number of ether oxygens (including phenoxy) is 1. The van der Waals surface area contributed by atoms with Crippen molar-refractivity contribution in [3.63, 3.8) is 0 Å². The summed E-state index contributed by atoms with van der Waals surface area (Å²) in [6.07, 6.45) is 2.43. The van der Waals surface area contributed by atoms with E-state index in [1.54, 1.807) is 24.3 Å². The first-order chi connectivity index (χ1) is 12.9. The van der Waals surface area contributed by atoms with Gasteiger partial charge in [-0.1, -0.05) is 32.0 Å². The molecule has 0 aliphatic heterocycles. The summed E-state index contributed by atoms with van der Waals surface area (Å²) in [5, 5.41) is 0.879. The van der Waals surface area contributed by atoms with E-state index >= 15 is 0 Å². The Labute approximate surface area is 160 Å². The van der Waals surface area contributed by atoms with Crippen molar-refractivity contribution >= 4 is 26.6 Å².